The Labute approximate surface area is 131 Å². The van der Waals surface area contributed by atoms with Crippen molar-refractivity contribution >= 4 is 11.3 Å². The lowest BCUT2D eigenvalue weighted by molar-refractivity contribution is 0.197. The second kappa shape index (κ2) is 8.93. The van der Waals surface area contributed by atoms with Crippen molar-refractivity contribution in [3.8, 4) is 0 Å². The van der Waals surface area contributed by atoms with E-state index in [1.807, 2.05) is 5.51 Å². The van der Waals surface area contributed by atoms with E-state index in [0.717, 1.165) is 32.5 Å². The molecule has 114 valence electrons. The minimum atomic E-state index is 0.560. The number of benzene rings is 1. The molecule has 0 radical (unpaired) electrons. The summed E-state index contributed by atoms with van der Waals surface area (Å²) in [4.78, 5) is 4.43. The third kappa shape index (κ3) is 5.58. The fraction of sp³-hybridized carbons (Fsp3) is 0.471. The maximum absolute atomic E-state index is 5.09. The molecule has 0 spiro atoms. The van der Waals surface area contributed by atoms with Crippen molar-refractivity contribution in [1.29, 1.82) is 0 Å². The minimum Gasteiger partial charge on any atom is -0.383 e. The highest BCUT2D eigenvalue weighted by atomic mass is 32.1. The van der Waals surface area contributed by atoms with Gasteiger partial charge in [-0.25, -0.2) is 4.98 Å². The largest absolute Gasteiger partial charge is 0.383 e. The van der Waals surface area contributed by atoms with Crippen molar-refractivity contribution in [3.05, 3.63) is 52.0 Å². The molecular formula is C17H24N2OS. The highest BCUT2D eigenvalue weighted by Crippen LogP contribution is 2.17. The first-order valence-electron chi connectivity index (χ1n) is 7.41. The molecule has 4 heteroatoms. The molecule has 1 atom stereocenters. The van der Waals surface area contributed by atoms with E-state index in [4.69, 9.17) is 4.74 Å². The minimum absolute atomic E-state index is 0.560. The van der Waals surface area contributed by atoms with Crippen LogP contribution < -0.4 is 5.32 Å². The Morgan fingerprint density at radius 1 is 1.29 bits per heavy atom. The van der Waals surface area contributed by atoms with Crippen LogP contribution in [-0.2, 0) is 17.6 Å². The molecule has 1 N–H and O–H groups in total. The fourth-order valence-corrected chi connectivity index (χ4v) is 3.05. The van der Waals surface area contributed by atoms with Gasteiger partial charge >= 0.3 is 0 Å². The van der Waals surface area contributed by atoms with Crippen LogP contribution in [-0.4, -0.2) is 31.8 Å². The van der Waals surface area contributed by atoms with Crippen LogP contribution in [0.15, 0.2) is 35.2 Å². The number of hydrogen-bond acceptors (Lipinski definition) is 4. The Morgan fingerprint density at radius 2 is 2.14 bits per heavy atom. The number of ether oxygens (including phenoxy) is 1. The SMILES string of the molecule is COCCNCC(Cc1cscn1)Cc1ccccc1C. The average molecular weight is 304 g/mol. The van der Waals surface area contributed by atoms with Crippen LogP contribution >= 0.6 is 11.3 Å². The van der Waals surface area contributed by atoms with Crippen molar-refractivity contribution in [2.24, 2.45) is 5.92 Å². The zero-order valence-corrected chi connectivity index (χ0v) is 13.7. The first-order chi connectivity index (χ1) is 10.3. The number of methoxy groups -OCH3 is 1. The molecule has 1 aromatic carbocycles. The number of nitrogens with one attached hydrogen (secondary N) is 1. The topological polar surface area (TPSA) is 34.1 Å². The Bertz CT molecular complexity index is 513. The maximum atomic E-state index is 5.09. The van der Waals surface area contributed by atoms with Crippen molar-refractivity contribution in [2.75, 3.05) is 26.8 Å². The number of hydrogen-bond donors (Lipinski definition) is 1. The number of aromatic nitrogens is 1. The second-order valence-corrected chi connectivity index (χ2v) is 6.10. The zero-order chi connectivity index (χ0) is 14.9. The predicted molar refractivity (Wildman–Crippen MR) is 88.9 cm³/mol. The summed E-state index contributed by atoms with van der Waals surface area (Å²) >= 11 is 1.67. The number of rotatable bonds is 9. The highest BCUT2D eigenvalue weighted by molar-refractivity contribution is 7.07. The van der Waals surface area contributed by atoms with Gasteiger partial charge in [0.1, 0.15) is 0 Å². The van der Waals surface area contributed by atoms with Crippen LogP contribution in [0.25, 0.3) is 0 Å². The summed E-state index contributed by atoms with van der Waals surface area (Å²) in [5.41, 5.74) is 5.93. The molecule has 2 rings (SSSR count). The van der Waals surface area contributed by atoms with E-state index in [9.17, 15) is 0 Å². The van der Waals surface area contributed by atoms with Crippen LogP contribution in [0.4, 0.5) is 0 Å². The molecule has 0 saturated heterocycles. The van der Waals surface area contributed by atoms with Gasteiger partial charge in [0.15, 0.2) is 0 Å². The summed E-state index contributed by atoms with van der Waals surface area (Å²) in [7, 11) is 1.74. The smallest absolute Gasteiger partial charge is 0.0794 e. The summed E-state index contributed by atoms with van der Waals surface area (Å²) in [6.45, 7) is 4.84. The van der Waals surface area contributed by atoms with E-state index < -0.39 is 0 Å². The fourth-order valence-electron chi connectivity index (χ4n) is 2.48. The number of thiazole rings is 1. The lowest BCUT2D eigenvalue weighted by Gasteiger charge is -2.18. The molecule has 1 unspecified atom stereocenters. The zero-order valence-electron chi connectivity index (χ0n) is 12.8. The normalized spacial score (nSPS) is 12.5. The number of aryl methyl sites for hydroxylation is 1. The molecule has 0 aliphatic carbocycles. The summed E-state index contributed by atoms with van der Waals surface area (Å²) < 4.78 is 5.09. The molecular weight excluding hydrogens is 280 g/mol. The lowest BCUT2D eigenvalue weighted by atomic mass is 9.92. The van der Waals surface area contributed by atoms with Gasteiger partial charge in [-0.1, -0.05) is 24.3 Å². The van der Waals surface area contributed by atoms with Gasteiger partial charge in [0.25, 0.3) is 0 Å². The third-order valence-electron chi connectivity index (χ3n) is 3.67. The third-order valence-corrected chi connectivity index (χ3v) is 4.30. The van der Waals surface area contributed by atoms with Crippen LogP contribution in [0, 0.1) is 12.8 Å². The van der Waals surface area contributed by atoms with Gasteiger partial charge in [0, 0.05) is 19.0 Å². The second-order valence-electron chi connectivity index (χ2n) is 5.38. The summed E-state index contributed by atoms with van der Waals surface area (Å²) in [5.74, 6) is 0.560. The van der Waals surface area contributed by atoms with Crippen molar-refractivity contribution in [2.45, 2.75) is 19.8 Å². The molecule has 0 aliphatic rings. The van der Waals surface area contributed by atoms with Crippen LogP contribution in [0.5, 0.6) is 0 Å². The van der Waals surface area contributed by atoms with Crippen LogP contribution in [0.3, 0.4) is 0 Å². The van der Waals surface area contributed by atoms with Crippen molar-refractivity contribution in [1.82, 2.24) is 10.3 Å². The van der Waals surface area contributed by atoms with Gasteiger partial charge in [-0.05, 0) is 43.4 Å². The number of nitrogens with zero attached hydrogens (tertiary/aromatic N) is 1. The molecule has 3 nitrogen and oxygen atoms in total. The quantitative estimate of drug-likeness (QED) is 0.723. The van der Waals surface area contributed by atoms with Crippen molar-refractivity contribution in [3.63, 3.8) is 0 Å². The summed E-state index contributed by atoms with van der Waals surface area (Å²) in [6.07, 6.45) is 2.11. The van der Waals surface area contributed by atoms with Crippen LogP contribution in [0.2, 0.25) is 0 Å². The molecule has 0 fully saturated rings. The first-order valence-corrected chi connectivity index (χ1v) is 8.35. The lowest BCUT2D eigenvalue weighted by Crippen LogP contribution is -2.28. The van der Waals surface area contributed by atoms with Crippen LogP contribution in [0.1, 0.15) is 16.8 Å². The molecule has 1 aromatic heterocycles. The van der Waals surface area contributed by atoms with E-state index in [2.05, 4.69) is 46.9 Å². The van der Waals surface area contributed by atoms with Gasteiger partial charge in [-0.3, -0.25) is 0 Å². The molecule has 0 saturated carbocycles. The average Bonchev–Trinajstić information content (AvgIpc) is 2.99. The van der Waals surface area contributed by atoms with Gasteiger partial charge in [-0.2, -0.15) is 0 Å². The van der Waals surface area contributed by atoms with E-state index in [-0.39, 0.29) is 0 Å². The Hall–Kier alpha value is -1.23. The monoisotopic (exact) mass is 304 g/mol. The predicted octanol–water partition coefficient (Wildman–Crippen LogP) is 3.09. The molecule has 21 heavy (non-hydrogen) atoms. The van der Waals surface area contributed by atoms with Gasteiger partial charge in [0.05, 0.1) is 17.8 Å². The highest BCUT2D eigenvalue weighted by Gasteiger charge is 2.13. The molecule has 0 amide bonds. The molecule has 0 bridgehead atoms. The van der Waals surface area contributed by atoms with E-state index in [1.54, 1.807) is 18.4 Å². The summed E-state index contributed by atoms with van der Waals surface area (Å²) in [6, 6.07) is 8.65. The van der Waals surface area contributed by atoms with Crippen molar-refractivity contribution < 1.29 is 4.74 Å². The standard InChI is InChI=1S/C17H24N2OS/c1-14-5-3-4-6-16(14)9-15(11-18-7-8-20-2)10-17-12-21-13-19-17/h3-6,12-13,15,18H,7-11H2,1-2H3. The summed E-state index contributed by atoms with van der Waals surface area (Å²) in [5, 5.41) is 5.64. The van der Waals surface area contributed by atoms with E-state index in [0.29, 0.717) is 5.92 Å². The van der Waals surface area contributed by atoms with Gasteiger partial charge in [0.2, 0.25) is 0 Å². The van der Waals surface area contributed by atoms with E-state index >= 15 is 0 Å². The molecule has 2 aromatic rings. The Kier molecular flexibility index (Phi) is 6.86. The Morgan fingerprint density at radius 3 is 2.86 bits per heavy atom. The maximum Gasteiger partial charge on any atom is 0.0794 e. The molecule has 0 aliphatic heterocycles. The first kappa shape index (κ1) is 16.1. The van der Waals surface area contributed by atoms with Gasteiger partial charge < -0.3 is 10.1 Å². The Balaban J connectivity index is 1.95. The van der Waals surface area contributed by atoms with E-state index in [1.165, 1.54) is 16.8 Å². The molecule has 1 heterocycles. The van der Waals surface area contributed by atoms with Gasteiger partial charge in [-0.15, -0.1) is 11.3 Å².